The number of hydrogen-bond donors (Lipinski definition) is 0. The lowest BCUT2D eigenvalue weighted by Gasteiger charge is -2.23. The van der Waals surface area contributed by atoms with Crippen LogP contribution in [0.2, 0.25) is 0 Å². The van der Waals surface area contributed by atoms with E-state index in [4.69, 9.17) is 4.42 Å². The summed E-state index contributed by atoms with van der Waals surface area (Å²) in [5.41, 5.74) is 0.653. The summed E-state index contributed by atoms with van der Waals surface area (Å²) < 4.78 is 30.4. The molecule has 1 aromatic heterocycles. The third-order valence-electron chi connectivity index (χ3n) is 4.20. The van der Waals surface area contributed by atoms with Crippen LogP contribution in [0.25, 0.3) is 0 Å². The Bertz CT molecular complexity index is 846. The monoisotopic (exact) mass is 363 g/mol. The van der Waals surface area contributed by atoms with Crippen molar-refractivity contribution in [1.29, 1.82) is 0 Å². The Balaban J connectivity index is 1.81. The van der Waals surface area contributed by atoms with E-state index in [1.165, 1.54) is 0 Å². The number of sulfone groups is 1. The van der Waals surface area contributed by atoms with E-state index in [1.807, 2.05) is 19.9 Å². The van der Waals surface area contributed by atoms with Gasteiger partial charge in [0, 0.05) is 12.5 Å². The van der Waals surface area contributed by atoms with Gasteiger partial charge in [0.25, 0.3) is 0 Å². The number of benzene rings is 1. The predicted molar refractivity (Wildman–Crippen MR) is 90.2 cm³/mol. The number of amides is 1. The largest absolute Gasteiger partial charge is 0.410 e. The smallest absolute Gasteiger partial charge is 0.335 e. The van der Waals surface area contributed by atoms with E-state index in [2.05, 4.69) is 10.2 Å². The van der Waals surface area contributed by atoms with Gasteiger partial charge in [-0.1, -0.05) is 49.3 Å². The Labute approximate surface area is 147 Å². The summed E-state index contributed by atoms with van der Waals surface area (Å²) in [7, 11) is -3.72. The molecule has 0 aliphatic carbocycles. The molecule has 0 radical (unpaired) electrons. The Morgan fingerprint density at radius 2 is 2.00 bits per heavy atom. The van der Waals surface area contributed by atoms with E-state index in [0.29, 0.717) is 18.5 Å². The maximum Gasteiger partial charge on any atom is 0.335 e. The van der Waals surface area contributed by atoms with E-state index in [1.54, 1.807) is 29.2 Å². The fourth-order valence-corrected chi connectivity index (χ4v) is 4.09. The zero-order valence-corrected chi connectivity index (χ0v) is 15.1. The van der Waals surface area contributed by atoms with Crippen molar-refractivity contribution in [1.82, 2.24) is 15.1 Å². The molecule has 1 aromatic carbocycles. The van der Waals surface area contributed by atoms with Gasteiger partial charge in [0.15, 0.2) is 0 Å². The molecule has 1 atom stereocenters. The first-order chi connectivity index (χ1) is 11.9. The van der Waals surface area contributed by atoms with Crippen molar-refractivity contribution in [3.05, 3.63) is 41.8 Å². The van der Waals surface area contributed by atoms with Crippen molar-refractivity contribution in [2.45, 2.75) is 43.7 Å². The minimum atomic E-state index is -3.72. The number of aromatic nitrogens is 2. The van der Waals surface area contributed by atoms with Gasteiger partial charge < -0.3 is 9.32 Å². The van der Waals surface area contributed by atoms with Crippen LogP contribution in [0, 0.1) is 5.92 Å². The van der Waals surface area contributed by atoms with Crippen molar-refractivity contribution in [3.63, 3.8) is 0 Å². The fraction of sp³-hybridized carbons (Fsp3) is 0.471. The number of rotatable bonds is 5. The van der Waals surface area contributed by atoms with Crippen molar-refractivity contribution in [2.75, 3.05) is 6.54 Å². The van der Waals surface area contributed by atoms with Crippen molar-refractivity contribution in [2.24, 2.45) is 5.92 Å². The standard InChI is InChI=1S/C17H21N3O4S/c1-12(2)16(21)20-10-6-9-14(20)15-18-19-17(24-15)25(22,23)11-13-7-4-3-5-8-13/h3-5,7-8,12,14H,6,9-11H2,1-2H3/t14-/m0/s1. The number of hydrogen-bond acceptors (Lipinski definition) is 6. The maximum atomic E-state index is 12.5. The van der Waals surface area contributed by atoms with Crippen LogP contribution in [0.5, 0.6) is 0 Å². The highest BCUT2D eigenvalue weighted by atomic mass is 32.2. The molecule has 25 heavy (non-hydrogen) atoms. The molecule has 134 valence electrons. The third kappa shape index (κ3) is 3.73. The maximum absolute atomic E-state index is 12.5. The Hall–Kier alpha value is -2.22. The molecule has 1 saturated heterocycles. The van der Waals surface area contributed by atoms with Crippen LogP contribution in [-0.4, -0.2) is 36.0 Å². The summed E-state index contributed by atoms with van der Waals surface area (Å²) in [6.45, 7) is 4.29. The molecule has 0 spiro atoms. The molecule has 1 amide bonds. The molecular weight excluding hydrogens is 342 g/mol. The van der Waals surface area contributed by atoms with Gasteiger partial charge >= 0.3 is 5.22 Å². The molecule has 8 heteroatoms. The number of carbonyl (C=O) groups excluding carboxylic acids is 1. The van der Waals surface area contributed by atoms with E-state index >= 15 is 0 Å². The van der Waals surface area contributed by atoms with Crippen LogP contribution in [0.1, 0.15) is 44.2 Å². The molecule has 0 saturated carbocycles. The molecule has 0 unspecified atom stereocenters. The SMILES string of the molecule is CC(C)C(=O)N1CCC[C@H]1c1nnc(S(=O)(=O)Cc2ccccc2)o1. The van der Waals surface area contributed by atoms with Crippen LogP contribution in [0.3, 0.4) is 0 Å². The highest BCUT2D eigenvalue weighted by Gasteiger charge is 2.36. The molecule has 7 nitrogen and oxygen atoms in total. The first-order valence-electron chi connectivity index (χ1n) is 8.29. The van der Waals surface area contributed by atoms with Crippen LogP contribution in [0.4, 0.5) is 0 Å². The summed E-state index contributed by atoms with van der Waals surface area (Å²) in [4.78, 5) is 14.0. The zero-order chi connectivity index (χ0) is 18.0. The third-order valence-corrected chi connectivity index (χ3v) is 5.61. The van der Waals surface area contributed by atoms with Crippen LogP contribution in [-0.2, 0) is 20.4 Å². The van der Waals surface area contributed by atoms with Crippen LogP contribution >= 0.6 is 0 Å². The van der Waals surface area contributed by atoms with Crippen molar-refractivity contribution >= 4 is 15.7 Å². The van der Waals surface area contributed by atoms with Gasteiger partial charge in [-0.3, -0.25) is 4.79 Å². The van der Waals surface area contributed by atoms with E-state index in [9.17, 15) is 13.2 Å². The molecule has 0 bridgehead atoms. The first-order valence-corrected chi connectivity index (χ1v) is 9.94. The molecule has 1 aliphatic heterocycles. The predicted octanol–water partition coefficient (Wildman–Crippen LogP) is 2.36. The normalized spacial score (nSPS) is 18.0. The van der Waals surface area contributed by atoms with Crippen LogP contribution in [0.15, 0.2) is 40.0 Å². The molecular formula is C17H21N3O4S. The molecule has 2 heterocycles. The fourth-order valence-electron chi connectivity index (χ4n) is 2.95. The topological polar surface area (TPSA) is 93.4 Å². The number of carbonyl (C=O) groups is 1. The highest BCUT2D eigenvalue weighted by molar-refractivity contribution is 7.90. The number of nitrogens with zero attached hydrogens (tertiary/aromatic N) is 3. The second kappa shape index (κ2) is 6.95. The van der Waals surface area contributed by atoms with Gasteiger partial charge in [-0.15, -0.1) is 5.10 Å². The number of likely N-dealkylation sites (tertiary alicyclic amines) is 1. The lowest BCUT2D eigenvalue weighted by Crippen LogP contribution is -2.33. The molecule has 1 fully saturated rings. The van der Waals surface area contributed by atoms with E-state index in [-0.39, 0.29) is 29.5 Å². The zero-order valence-electron chi connectivity index (χ0n) is 14.3. The summed E-state index contributed by atoms with van der Waals surface area (Å²) >= 11 is 0. The van der Waals surface area contributed by atoms with Gasteiger partial charge in [-0.2, -0.15) is 0 Å². The lowest BCUT2D eigenvalue weighted by atomic mass is 10.1. The minimum absolute atomic E-state index is 0.00870. The minimum Gasteiger partial charge on any atom is -0.410 e. The summed E-state index contributed by atoms with van der Waals surface area (Å²) in [5, 5.41) is 7.24. The van der Waals surface area contributed by atoms with Gasteiger partial charge in [-0.25, -0.2) is 8.42 Å². The average Bonchev–Trinajstić information content (AvgIpc) is 3.23. The van der Waals surface area contributed by atoms with E-state index in [0.717, 1.165) is 6.42 Å². The lowest BCUT2D eigenvalue weighted by molar-refractivity contribution is -0.135. The highest BCUT2D eigenvalue weighted by Crippen LogP contribution is 2.33. The quantitative estimate of drug-likeness (QED) is 0.809. The summed E-state index contributed by atoms with van der Waals surface area (Å²) in [6, 6.07) is 8.49. The van der Waals surface area contributed by atoms with Gasteiger partial charge in [0.2, 0.25) is 21.6 Å². The average molecular weight is 363 g/mol. The van der Waals surface area contributed by atoms with E-state index < -0.39 is 15.1 Å². The van der Waals surface area contributed by atoms with Gasteiger partial charge in [0.05, 0.1) is 5.75 Å². The molecule has 3 rings (SSSR count). The molecule has 1 aliphatic rings. The Kier molecular flexibility index (Phi) is 4.89. The molecule has 0 N–H and O–H groups in total. The Morgan fingerprint density at radius 3 is 2.68 bits per heavy atom. The second-order valence-corrected chi connectivity index (χ2v) is 8.36. The summed E-state index contributed by atoms with van der Waals surface area (Å²) in [5.74, 6) is -0.133. The first kappa shape index (κ1) is 17.6. The Morgan fingerprint density at radius 1 is 1.28 bits per heavy atom. The second-order valence-electron chi connectivity index (χ2n) is 6.50. The molecule has 2 aromatic rings. The van der Waals surface area contributed by atoms with Crippen molar-refractivity contribution < 1.29 is 17.6 Å². The van der Waals surface area contributed by atoms with Crippen molar-refractivity contribution in [3.8, 4) is 0 Å². The van der Waals surface area contributed by atoms with Gasteiger partial charge in [0.1, 0.15) is 6.04 Å². The van der Waals surface area contributed by atoms with Crippen LogP contribution < -0.4 is 0 Å². The van der Waals surface area contributed by atoms with Gasteiger partial charge in [-0.05, 0) is 18.4 Å². The summed E-state index contributed by atoms with van der Waals surface area (Å²) in [6.07, 6.45) is 1.52.